The van der Waals surface area contributed by atoms with Gasteiger partial charge in [-0.1, -0.05) is 26.0 Å². The maximum Gasteiger partial charge on any atom is 0.250 e. The molecule has 7 heteroatoms. The quantitative estimate of drug-likeness (QED) is 0.470. The Kier molecular flexibility index (Phi) is 5.69. The molecular formula is C25H22FN5O. The smallest absolute Gasteiger partial charge is 0.250 e. The second kappa shape index (κ2) is 8.60. The molecule has 4 rings (SSSR count). The zero-order valence-electron chi connectivity index (χ0n) is 18.1. The van der Waals surface area contributed by atoms with E-state index in [2.05, 4.69) is 23.9 Å². The molecule has 32 heavy (non-hydrogen) atoms. The summed E-state index contributed by atoms with van der Waals surface area (Å²) in [5.41, 5.74) is 4.20. The second-order valence-corrected chi connectivity index (χ2v) is 8.11. The van der Waals surface area contributed by atoms with Gasteiger partial charge in [-0.3, -0.25) is 9.78 Å². The summed E-state index contributed by atoms with van der Waals surface area (Å²) in [6.07, 6.45) is 7.76. The zero-order chi connectivity index (χ0) is 22.8. The Labute approximate surface area is 185 Å². The lowest BCUT2D eigenvalue weighted by atomic mass is 9.98. The molecular weight excluding hydrogens is 405 g/mol. The van der Waals surface area contributed by atoms with Gasteiger partial charge in [0.15, 0.2) is 0 Å². The van der Waals surface area contributed by atoms with Crippen LogP contribution in [0.15, 0.2) is 66.0 Å². The summed E-state index contributed by atoms with van der Waals surface area (Å²) in [5.74, 6) is -0.0997. The first-order valence-electron chi connectivity index (χ1n) is 10.3. The van der Waals surface area contributed by atoms with Gasteiger partial charge in [-0.15, -0.1) is 0 Å². The van der Waals surface area contributed by atoms with Crippen LogP contribution in [0.3, 0.4) is 0 Å². The van der Waals surface area contributed by atoms with Crippen LogP contribution in [0.25, 0.3) is 27.9 Å². The van der Waals surface area contributed by atoms with Crippen molar-refractivity contribution in [3.8, 4) is 34.0 Å². The molecule has 0 N–H and O–H groups in total. The van der Waals surface area contributed by atoms with Gasteiger partial charge in [0.1, 0.15) is 17.4 Å². The predicted octanol–water partition coefficient (Wildman–Crippen LogP) is 4.51. The molecule has 0 spiro atoms. The van der Waals surface area contributed by atoms with Crippen molar-refractivity contribution in [2.24, 2.45) is 13.0 Å². The average Bonchev–Trinajstić information content (AvgIpc) is 3.25. The molecule has 160 valence electrons. The second-order valence-electron chi connectivity index (χ2n) is 8.11. The third kappa shape index (κ3) is 4.08. The summed E-state index contributed by atoms with van der Waals surface area (Å²) in [4.78, 5) is 17.0. The van der Waals surface area contributed by atoms with Crippen molar-refractivity contribution in [1.29, 1.82) is 5.26 Å². The van der Waals surface area contributed by atoms with E-state index in [0.717, 1.165) is 34.4 Å². The van der Waals surface area contributed by atoms with Crippen LogP contribution in [0.5, 0.6) is 0 Å². The molecule has 3 aromatic heterocycles. The first-order valence-corrected chi connectivity index (χ1v) is 10.3. The lowest BCUT2D eigenvalue weighted by Crippen LogP contribution is -2.15. The minimum atomic E-state index is -0.600. The zero-order valence-corrected chi connectivity index (χ0v) is 18.1. The summed E-state index contributed by atoms with van der Waals surface area (Å²) < 4.78 is 17.0. The van der Waals surface area contributed by atoms with E-state index in [4.69, 9.17) is 0 Å². The summed E-state index contributed by atoms with van der Waals surface area (Å²) in [5, 5.41) is 13.7. The Balaban J connectivity index is 1.81. The Morgan fingerprint density at radius 2 is 1.91 bits per heavy atom. The van der Waals surface area contributed by atoms with Gasteiger partial charge in [0.05, 0.1) is 11.9 Å². The van der Waals surface area contributed by atoms with Crippen LogP contribution >= 0.6 is 0 Å². The van der Waals surface area contributed by atoms with Crippen LogP contribution < -0.4 is 5.56 Å². The fourth-order valence-corrected chi connectivity index (χ4v) is 3.63. The molecule has 0 amide bonds. The van der Waals surface area contributed by atoms with Gasteiger partial charge in [-0.2, -0.15) is 10.4 Å². The highest BCUT2D eigenvalue weighted by molar-refractivity contribution is 5.82. The molecule has 0 saturated carbocycles. The van der Waals surface area contributed by atoms with Crippen LogP contribution in [-0.2, 0) is 13.5 Å². The molecule has 0 aliphatic carbocycles. The lowest BCUT2D eigenvalue weighted by molar-refractivity contribution is 0.621. The van der Waals surface area contributed by atoms with Crippen molar-refractivity contribution in [3.05, 3.63) is 88.6 Å². The molecule has 0 unspecified atom stereocenters. The third-order valence-corrected chi connectivity index (χ3v) is 5.23. The summed E-state index contributed by atoms with van der Waals surface area (Å²) in [7, 11) is 1.68. The maximum atomic E-state index is 14.1. The first kappa shape index (κ1) is 21.2. The van der Waals surface area contributed by atoms with Crippen LogP contribution in [-0.4, -0.2) is 19.3 Å². The van der Waals surface area contributed by atoms with Crippen molar-refractivity contribution < 1.29 is 4.39 Å². The van der Waals surface area contributed by atoms with Gasteiger partial charge in [0.2, 0.25) is 0 Å². The van der Waals surface area contributed by atoms with Crippen LogP contribution in [0.1, 0.15) is 25.1 Å². The summed E-state index contributed by atoms with van der Waals surface area (Å²) in [6, 6.07) is 11.8. The fraction of sp³-hybridized carbons (Fsp3) is 0.200. The van der Waals surface area contributed by atoms with E-state index in [1.807, 2.05) is 18.2 Å². The standard InChI is InChI=1S/C25H22FN5O/c1-16(2)9-19-8-7-17(12-28-19)20-10-25(32)30(3)15-22(20)18-13-29-31(14-18)24-6-4-5-23(26)21(24)11-27/h4-8,10,12-16H,9H2,1-3H3. The Hall–Kier alpha value is -4.05. The van der Waals surface area contributed by atoms with E-state index in [1.165, 1.54) is 21.4 Å². The number of nitriles is 1. The van der Waals surface area contributed by atoms with Crippen molar-refractivity contribution in [1.82, 2.24) is 19.3 Å². The number of rotatable bonds is 5. The molecule has 0 fully saturated rings. The van der Waals surface area contributed by atoms with E-state index < -0.39 is 5.82 Å². The van der Waals surface area contributed by atoms with Crippen molar-refractivity contribution in [2.45, 2.75) is 20.3 Å². The van der Waals surface area contributed by atoms with Gasteiger partial charge in [0, 0.05) is 54.1 Å². The highest BCUT2D eigenvalue weighted by Gasteiger charge is 2.15. The Bertz CT molecular complexity index is 1380. The van der Waals surface area contributed by atoms with Crippen molar-refractivity contribution in [2.75, 3.05) is 0 Å². The number of hydrogen-bond acceptors (Lipinski definition) is 4. The van der Waals surface area contributed by atoms with E-state index in [0.29, 0.717) is 11.6 Å². The highest BCUT2D eigenvalue weighted by atomic mass is 19.1. The molecule has 0 saturated heterocycles. The molecule has 4 aromatic rings. The molecule has 0 atom stereocenters. The normalized spacial score (nSPS) is 11.0. The van der Waals surface area contributed by atoms with Crippen LogP contribution in [0, 0.1) is 23.1 Å². The minimum Gasteiger partial charge on any atom is -0.318 e. The lowest BCUT2D eigenvalue weighted by Gasteiger charge is -2.11. The van der Waals surface area contributed by atoms with E-state index in [9.17, 15) is 14.4 Å². The van der Waals surface area contributed by atoms with Crippen LogP contribution in [0.2, 0.25) is 0 Å². The number of hydrogen-bond donors (Lipinski definition) is 0. The third-order valence-electron chi connectivity index (χ3n) is 5.23. The van der Waals surface area contributed by atoms with Crippen LogP contribution in [0.4, 0.5) is 4.39 Å². The number of nitrogens with zero attached hydrogens (tertiary/aromatic N) is 5. The molecule has 0 radical (unpaired) electrons. The predicted molar refractivity (Wildman–Crippen MR) is 121 cm³/mol. The van der Waals surface area contributed by atoms with Crippen molar-refractivity contribution >= 4 is 0 Å². The molecule has 0 bridgehead atoms. The first-order chi connectivity index (χ1) is 15.4. The number of pyridine rings is 2. The van der Waals surface area contributed by atoms with E-state index >= 15 is 0 Å². The van der Waals surface area contributed by atoms with E-state index in [1.54, 1.807) is 44.0 Å². The number of benzene rings is 1. The van der Waals surface area contributed by atoms with Gasteiger partial charge in [-0.05, 0) is 36.1 Å². The van der Waals surface area contributed by atoms with Gasteiger partial charge in [0.25, 0.3) is 5.56 Å². The molecule has 3 heterocycles. The fourth-order valence-electron chi connectivity index (χ4n) is 3.63. The van der Waals surface area contributed by atoms with Gasteiger partial charge < -0.3 is 4.57 Å². The maximum absolute atomic E-state index is 14.1. The highest BCUT2D eigenvalue weighted by Crippen LogP contribution is 2.31. The average molecular weight is 427 g/mol. The topological polar surface area (TPSA) is 76.5 Å². The monoisotopic (exact) mass is 427 g/mol. The van der Waals surface area contributed by atoms with Gasteiger partial charge >= 0.3 is 0 Å². The van der Waals surface area contributed by atoms with Gasteiger partial charge in [-0.25, -0.2) is 9.07 Å². The minimum absolute atomic E-state index is 0.0761. The van der Waals surface area contributed by atoms with E-state index in [-0.39, 0.29) is 11.1 Å². The number of halogens is 1. The molecule has 1 aromatic carbocycles. The molecule has 0 aliphatic heterocycles. The summed E-state index contributed by atoms with van der Waals surface area (Å²) >= 11 is 0. The Morgan fingerprint density at radius 3 is 2.59 bits per heavy atom. The number of aromatic nitrogens is 4. The molecule has 0 aliphatic rings. The van der Waals surface area contributed by atoms with Crippen molar-refractivity contribution in [3.63, 3.8) is 0 Å². The molecule has 6 nitrogen and oxygen atoms in total. The SMILES string of the molecule is CC(C)Cc1ccc(-c2cc(=O)n(C)cc2-c2cnn(-c3cccc(F)c3C#N)c2)cn1. The number of aryl methyl sites for hydroxylation is 1. The largest absolute Gasteiger partial charge is 0.318 e. The summed E-state index contributed by atoms with van der Waals surface area (Å²) in [6.45, 7) is 4.28. The Morgan fingerprint density at radius 1 is 1.09 bits per heavy atom.